The van der Waals surface area contributed by atoms with Crippen LogP contribution in [-0.2, 0) is 10.0 Å². The summed E-state index contributed by atoms with van der Waals surface area (Å²) in [5, 5.41) is 13.3. The van der Waals surface area contributed by atoms with Crippen LogP contribution >= 0.6 is 15.9 Å². The zero-order chi connectivity index (χ0) is 21.9. The number of anilines is 2. The summed E-state index contributed by atoms with van der Waals surface area (Å²) in [5.41, 5.74) is 0.00301. The SMILES string of the molecule is O=C(Nc1cccc([N+](=O)[O-])c1)c1ccc(Br)c(S(=O)(=O)Nc2cccc(F)c2)c1. The molecule has 3 aromatic rings. The molecular formula is C19H13BrFN3O5S. The van der Waals surface area contributed by atoms with Gasteiger partial charge >= 0.3 is 0 Å². The maximum Gasteiger partial charge on any atom is 0.271 e. The van der Waals surface area contributed by atoms with E-state index < -0.39 is 26.7 Å². The van der Waals surface area contributed by atoms with E-state index in [1.807, 2.05) is 0 Å². The number of amides is 1. The Bertz CT molecular complexity index is 1250. The second kappa shape index (κ2) is 8.59. The van der Waals surface area contributed by atoms with E-state index in [1.165, 1.54) is 54.6 Å². The number of benzene rings is 3. The van der Waals surface area contributed by atoms with E-state index in [0.29, 0.717) is 0 Å². The van der Waals surface area contributed by atoms with Crippen LogP contribution in [0.5, 0.6) is 0 Å². The normalized spacial score (nSPS) is 11.0. The molecule has 30 heavy (non-hydrogen) atoms. The van der Waals surface area contributed by atoms with E-state index in [-0.39, 0.29) is 32.0 Å². The van der Waals surface area contributed by atoms with E-state index in [9.17, 15) is 27.7 Å². The van der Waals surface area contributed by atoms with Crippen molar-refractivity contribution in [2.75, 3.05) is 10.0 Å². The van der Waals surface area contributed by atoms with Gasteiger partial charge in [0.05, 0.1) is 10.6 Å². The number of carbonyl (C=O) groups is 1. The molecule has 154 valence electrons. The van der Waals surface area contributed by atoms with Crippen molar-refractivity contribution in [2.45, 2.75) is 4.90 Å². The van der Waals surface area contributed by atoms with E-state index in [1.54, 1.807) is 0 Å². The van der Waals surface area contributed by atoms with Crippen LogP contribution in [0, 0.1) is 15.9 Å². The van der Waals surface area contributed by atoms with Crippen LogP contribution in [0.4, 0.5) is 21.5 Å². The van der Waals surface area contributed by atoms with Gasteiger partial charge in [0.1, 0.15) is 10.7 Å². The largest absolute Gasteiger partial charge is 0.322 e. The topological polar surface area (TPSA) is 118 Å². The minimum Gasteiger partial charge on any atom is -0.322 e. The van der Waals surface area contributed by atoms with Gasteiger partial charge in [-0.25, -0.2) is 12.8 Å². The van der Waals surface area contributed by atoms with E-state index in [2.05, 4.69) is 26.0 Å². The Kier molecular flexibility index (Phi) is 6.13. The number of hydrogen-bond donors (Lipinski definition) is 2. The monoisotopic (exact) mass is 493 g/mol. The van der Waals surface area contributed by atoms with Crippen LogP contribution in [0.15, 0.2) is 76.1 Å². The first-order valence-electron chi connectivity index (χ1n) is 8.29. The predicted octanol–water partition coefficient (Wildman–Crippen LogP) is 4.55. The summed E-state index contributed by atoms with van der Waals surface area (Å²) in [6, 6.07) is 14.2. The molecule has 0 atom stereocenters. The number of nitrogens with one attached hydrogen (secondary N) is 2. The summed E-state index contributed by atoms with van der Waals surface area (Å²) < 4.78 is 41.2. The van der Waals surface area contributed by atoms with Crippen molar-refractivity contribution in [2.24, 2.45) is 0 Å². The van der Waals surface area contributed by atoms with Gasteiger partial charge in [-0.1, -0.05) is 12.1 Å². The van der Waals surface area contributed by atoms with Gasteiger partial charge in [0.25, 0.3) is 21.6 Å². The molecule has 0 heterocycles. The van der Waals surface area contributed by atoms with Crippen molar-refractivity contribution < 1.29 is 22.5 Å². The number of carbonyl (C=O) groups excluding carboxylic acids is 1. The molecule has 0 fully saturated rings. The fraction of sp³-hybridized carbons (Fsp3) is 0. The quantitative estimate of drug-likeness (QED) is 0.385. The highest BCUT2D eigenvalue weighted by Gasteiger charge is 2.21. The lowest BCUT2D eigenvalue weighted by atomic mass is 10.2. The Morgan fingerprint density at radius 3 is 2.40 bits per heavy atom. The molecule has 1 amide bonds. The lowest BCUT2D eigenvalue weighted by molar-refractivity contribution is -0.384. The van der Waals surface area contributed by atoms with E-state index in [0.717, 1.165) is 12.1 Å². The van der Waals surface area contributed by atoms with Gasteiger partial charge in [-0.15, -0.1) is 0 Å². The second-order valence-electron chi connectivity index (χ2n) is 6.02. The third-order valence-electron chi connectivity index (χ3n) is 3.87. The molecule has 8 nitrogen and oxygen atoms in total. The molecule has 11 heteroatoms. The number of halogens is 2. The molecule has 0 aromatic heterocycles. The minimum absolute atomic E-state index is 0.00400. The van der Waals surface area contributed by atoms with E-state index >= 15 is 0 Å². The highest BCUT2D eigenvalue weighted by Crippen LogP contribution is 2.26. The number of non-ortho nitro benzene ring substituents is 1. The molecule has 0 radical (unpaired) electrons. The molecule has 3 aromatic carbocycles. The summed E-state index contributed by atoms with van der Waals surface area (Å²) in [6.45, 7) is 0. The van der Waals surface area contributed by atoms with Crippen LogP contribution in [0.3, 0.4) is 0 Å². The Labute approximate surface area is 179 Å². The van der Waals surface area contributed by atoms with Crippen LogP contribution in [0.1, 0.15) is 10.4 Å². The standard InChI is InChI=1S/C19H13BrFN3O5S/c20-17-8-7-12(19(25)22-14-4-2-6-16(11-14)24(26)27)9-18(17)30(28,29)23-15-5-1-3-13(21)10-15/h1-11,23H,(H,22,25). The first kappa shape index (κ1) is 21.4. The lowest BCUT2D eigenvalue weighted by Crippen LogP contribution is -2.16. The third-order valence-corrected chi connectivity index (χ3v) is 6.25. The summed E-state index contributed by atoms with van der Waals surface area (Å²) >= 11 is 3.14. The molecule has 0 aliphatic heterocycles. The highest BCUT2D eigenvalue weighted by molar-refractivity contribution is 9.10. The molecule has 0 unspecified atom stereocenters. The Morgan fingerprint density at radius 1 is 1.00 bits per heavy atom. The molecule has 0 aliphatic carbocycles. The minimum atomic E-state index is -4.14. The molecule has 0 saturated heterocycles. The van der Waals surface area contributed by atoms with Crippen LogP contribution in [0.25, 0.3) is 0 Å². The van der Waals surface area contributed by atoms with E-state index in [4.69, 9.17) is 0 Å². The molecule has 0 bridgehead atoms. The molecule has 0 saturated carbocycles. The van der Waals surface area contributed by atoms with Crippen LogP contribution in [-0.4, -0.2) is 19.2 Å². The Balaban J connectivity index is 1.88. The highest BCUT2D eigenvalue weighted by atomic mass is 79.9. The lowest BCUT2D eigenvalue weighted by Gasteiger charge is -2.12. The Morgan fingerprint density at radius 2 is 1.70 bits per heavy atom. The van der Waals surface area contributed by atoms with Gasteiger partial charge in [0.2, 0.25) is 0 Å². The summed E-state index contributed by atoms with van der Waals surface area (Å²) in [6.07, 6.45) is 0. The maximum absolute atomic E-state index is 13.3. The smallest absolute Gasteiger partial charge is 0.271 e. The molecule has 0 spiro atoms. The van der Waals surface area contributed by atoms with Crippen molar-refractivity contribution in [1.82, 2.24) is 0 Å². The first-order valence-corrected chi connectivity index (χ1v) is 10.6. The number of sulfonamides is 1. The number of nitrogens with zero attached hydrogens (tertiary/aromatic N) is 1. The van der Waals surface area contributed by atoms with Crippen molar-refractivity contribution in [3.05, 3.63) is 92.7 Å². The van der Waals surface area contributed by atoms with Crippen molar-refractivity contribution in [3.63, 3.8) is 0 Å². The first-order chi connectivity index (χ1) is 14.2. The summed E-state index contributed by atoms with van der Waals surface area (Å²) in [5.74, 6) is -1.27. The van der Waals surface area contributed by atoms with Crippen molar-refractivity contribution in [1.29, 1.82) is 0 Å². The average Bonchev–Trinajstić information content (AvgIpc) is 2.68. The second-order valence-corrected chi connectivity index (χ2v) is 8.53. The fourth-order valence-corrected chi connectivity index (χ4v) is 4.55. The zero-order valence-corrected chi connectivity index (χ0v) is 17.4. The van der Waals surface area contributed by atoms with Gasteiger partial charge in [0.15, 0.2) is 0 Å². The number of nitro groups is 1. The molecule has 3 rings (SSSR count). The maximum atomic E-state index is 13.3. The molecular weight excluding hydrogens is 481 g/mol. The average molecular weight is 494 g/mol. The van der Waals surface area contributed by atoms with Gasteiger partial charge in [-0.2, -0.15) is 0 Å². The van der Waals surface area contributed by atoms with Gasteiger partial charge < -0.3 is 5.32 Å². The zero-order valence-electron chi connectivity index (χ0n) is 15.0. The summed E-state index contributed by atoms with van der Waals surface area (Å²) in [7, 11) is -4.14. The number of rotatable bonds is 6. The Hall–Kier alpha value is -3.31. The molecule has 2 N–H and O–H groups in total. The van der Waals surface area contributed by atoms with Crippen molar-refractivity contribution >= 4 is 48.9 Å². The number of hydrogen-bond acceptors (Lipinski definition) is 5. The number of nitro benzene ring substituents is 1. The van der Waals surface area contributed by atoms with Gasteiger partial charge in [-0.3, -0.25) is 19.6 Å². The predicted molar refractivity (Wildman–Crippen MR) is 112 cm³/mol. The summed E-state index contributed by atoms with van der Waals surface area (Å²) in [4.78, 5) is 22.6. The third kappa shape index (κ3) is 4.99. The molecule has 0 aliphatic rings. The van der Waals surface area contributed by atoms with Gasteiger partial charge in [-0.05, 0) is 58.4 Å². The van der Waals surface area contributed by atoms with Gasteiger partial charge in [0, 0.05) is 27.9 Å². The fourth-order valence-electron chi connectivity index (χ4n) is 2.51. The van der Waals surface area contributed by atoms with Crippen molar-refractivity contribution in [3.8, 4) is 0 Å². The van der Waals surface area contributed by atoms with Crippen LogP contribution < -0.4 is 10.0 Å². The van der Waals surface area contributed by atoms with Crippen LogP contribution in [0.2, 0.25) is 0 Å².